The van der Waals surface area contributed by atoms with Gasteiger partial charge in [-0.3, -0.25) is 9.59 Å². The maximum Gasteiger partial charge on any atom is 0.321 e. The Morgan fingerprint density at radius 1 is 1.37 bits per heavy atom. The second kappa shape index (κ2) is 6.85. The number of hydrogen-bond donors (Lipinski definition) is 2. The zero-order chi connectivity index (χ0) is 14.5. The molecule has 2 N–H and O–H groups in total. The predicted molar refractivity (Wildman–Crippen MR) is 67.5 cm³/mol. The molecule has 0 spiro atoms. The van der Waals surface area contributed by atoms with E-state index in [2.05, 4.69) is 5.32 Å². The summed E-state index contributed by atoms with van der Waals surface area (Å²) in [6.45, 7) is 2.53. The van der Waals surface area contributed by atoms with Crippen LogP contribution in [0.3, 0.4) is 0 Å². The van der Waals surface area contributed by atoms with E-state index in [0.29, 0.717) is 26.1 Å². The topological polar surface area (TPSA) is 110 Å². The summed E-state index contributed by atoms with van der Waals surface area (Å²) < 4.78 is 28.7. The van der Waals surface area contributed by atoms with Crippen molar-refractivity contribution in [2.45, 2.75) is 37.5 Å². The van der Waals surface area contributed by atoms with Crippen molar-refractivity contribution < 1.29 is 27.9 Å². The van der Waals surface area contributed by atoms with E-state index >= 15 is 0 Å². The zero-order valence-electron chi connectivity index (χ0n) is 10.8. The van der Waals surface area contributed by atoms with Crippen molar-refractivity contribution in [1.82, 2.24) is 5.32 Å². The number of carboxylic acid groups (broad SMARTS) is 1. The molecule has 1 atom stereocenters. The monoisotopic (exact) mass is 293 g/mol. The number of ether oxygens (including phenoxy) is 1. The van der Waals surface area contributed by atoms with Crippen LogP contribution in [0.4, 0.5) is 0 Å². The highest BCUT2D eigenvalue weighted by Crippen LogP contribution is 2.09. The molecule has 1 amide bonds. The van der Waals surface area contributed by atoms with Crippen molar-refractivity contribution in [2.24, 2.45) is 0 Å². The molecule has 0 aromatic rings. The molecule has 0 aliphatic carbocycles. The predicted octanol–water partition coefficient (Wildman–Crippen LogP) is -0.440. The van der Waals surface area contributed by atoms with Gasteiger partial charge in [-0.2, -0.15) is 0 Å². The minimum Gasteiger partial charge on any atom is -0.480 e. The number of carboxylic acids is 1. The third-order valence-corrected chi connectivity index (χ3v) is 5.06. The summed E-state index contributed by atoms with van der Waals surface area (Å²) in [5.41, 5.74) is 0. The van der Waals surface area contributed by atoms with Gasteiger partial charge < -0.3 is 15.2 Å². The minimum absolute atomic E-state index is 0.0534. The van der Waals surface area contributed by atoms with Gasteiger partial charge in [-0.1, -0.05) is 6.92 Å². The fourth-order valence-electron chi connectivity index (χ4n) is 1.98. The molecule has 1 heterocycles. The SMILES string of the molecule is CCC(C(=O)O)S(=O)(=O)CC(=O)NC1CCOCC1. The van der Waals surface area contributed by atoms with Gasteiger partial charge in [0.05, 0.1) is 0 Å². The lowest BCUT2D eigenvalue weighted by Gasteiger charge is -2.23. The molecule has 1 unspecified atom stereocenters. The quantitative estimate of drug-likeness (QED) is 0.687. The smallest absolute Gasteiger partial charge is 0.321 e. The number of rotatable bonds is 6. The van der Waals surface area contributed by atoms with Gasteiger partial charge in [0, 0.05) is 19.3 Å². The Bertz CT molecular complexity index is 426. The van der Waals surface area contributed by atoms with Crippen molar-refractivity contribution in [3.63, 3.8) is 0 Å². The molecule has 1 rings (SSSR count). The van der Waals surface area contributed by atoms with E-state index in [1.165, 1.54) is 6.92 Å². The molecule has 1 aliphatic heterocycles. The summed E-state index contributed by atoms with van der Waals surface area (Å²) in [4.78, 5) is 22.5. The average molecular weight is 293 g/mol. The van der Waals surface area contributed by atoms with Crippen molar-refractivity contribution in [1.29, 1.82) is 0 Å². The first-order chi connectivity index (χ1) is 8.86. The Hall–Kier alpha value is -1.15. The Labute approximate surface area is 112 Å². The molecule has 0 saturated carbocycles. The number of aliphatic carboxylic acids is 1. The Kier molecular flexibility index (Phi) is 5.74. The van der Waals surface area contributed by atoms with E-state index in [4.69, 9.17) is 9.84 Å². The first-order valence-electron chi connectivity index (χ1n) is 6.18. The van der Waals surface area contributed by atoms with Crippen LogP contribution >= 0.6 is 0 Å². The number of sulfone groups is 1. The molecular weight excluding hydrogens is 274 g/mol. The van der Waals surface area contributed by atoms with Gasteiger partial charge in [-0.25, -0.2) is 8.42 Å². The van der Waals surface area contributed by atoms with Crippen LogP contribution < -0.4 is 5.32 Å². The summed E-state index contributed by atoms with van der Waals surface area (Å²) in [6.07, 6.45) is 1.23. The molecule has 7 nitrogen and oxygen atoms in total. The Balaban J connectivity index is 2.56. The van der Waals surface area contributed by atoms with Crippen molar-refractivity contribution >= 4 is 21.7 Å². The lowest BCUT2D eigenvalue weighted by atomic mass is 10.1. The van der Waals surface area contributed by atoms with Crippen LogP contribution in [0.2, 0.25) is 0 Å². The van der Waals surface area contributed by atoms with E-state index in [0.717, 1.165) is 0 Å². The molecule has 0 radical (unpaired) electrons. The fourth-order valence-corrected chi connectivity index (χ4v) is 3.44. The third kappa shape index (κ3) is 4.79. The molecule has 19 heavy (non-hydrogen) atoms. The third-order valence-electron chi connectivity index (χ3n) is 3.00. The Morgan fingerprint density at radius 2 is 1.95 bits per heavy atom. The summed E-state index contributed by atoms with van der Waals surface area (Å²) in [5, 5.41) is 9.90. The molecule has 1 saturated heterocycles. The van der Waals surface area contributed by atoms with Gasteiger partial charge in [0.1, 0.15) is 5.75 Å². The van der Waals surface area contributed by atoms with Crippen LogP contribution in [0.25, 0.3) is 0 Å². The molecule has 0 aromatic heterocycles. The number of nitrogens with one attached hydrogen (secondary N) is 1. The first kappa shape index (κ1) is 15.9. The van der Waals surface area contributed by atoms with Crippen LogP contribution in [0.1, 0.15) is 26.2 Å². The van der Waals surface area contributed by atoms with E-state index < -0.39 is 32.7 Å². The number of carbonyl (C=O) groups is 2. The standard InChI is InChI=1S/C11H19NO6S/c1-2-9(11(14)15)19(16,17)7-10(13)12-8-3-5-18-6-4-8/h8-9H,2-7H2,1H3,(H,12,13)(H,14,15). The normalized spacial score (nSPS) is 18.8. The number of carbonyl (C=O) groups excluding carboxylic acids is 1. The number of hydrogen-bond acceptors (Lipinski definition) is 5. The van der Waals surface area contributed by atoms with Gasteiger partial charge in [0.2, 0.25) is 5.91 Å². The molecule has 1 aliphatic rings. The van der Waals surface area contributed by atoms with Crippen molar-refractivity contribution in [2.75, 3.05) is 19.0 Å². The van der Waals surface area contributed by atoms with Crippen molar-refractivity contribution in [3.8, 4) is 0 Å². The van der Waals surface area contributed by atoms with E-state index in [-0.39, 0.29) is 12.5 Å². The van der Waals surface area contributed by atoms with Gasteiger partial charge in [0.25, 0.3) is 0 Å². The number of amides is 1. The second-order valence-corrected chi connectivity index (χ2v) is 6.68. The highest BCUT2D eigenvalue weighted by Gasteiger charge is 2.33. The first-order valence-corrected chi connectivity index (χ1v) is 7.90. The van der Waals surface area contributed by atoms with Crippen LogP contribution in [0.15, 0.2) is 0 Å². The largest absolute Gasteiger partial charge is 0.480 e. The molecule has 1 fully saturated rings. The maximum atomic E-state index is 11.8. The lowest BCUT2D eigenvalue weighted by molar-refractivity contribution is -0.136. The van der Waals surface area contributed by atoms with Gasteiger partial charge in [-0.05, 0) is 19.3 Å². The van der Waals surface area contributed by atoms with Crippen LogP contribution in [-0.2, 0) is 24.2 Å². The van der Waals surface area contributed by atoms with Crippen LogP contribution in [0.5, 0.6) is 0 Å². The molecule has 0 aromatic carbocycles. The second-order valence-electron chi connectivity index (χ2n) is 4.50. The van der Waals surface area contributed by atoms with E-state index in [1.807, 2.05) is 0 Å². The van der Waals surface area contributed by atoms with Gasteiger partial charge in [0.15, 0.2) is 15.1 Å². The van der Waals surface area contributed by atoms with E-state index in [1.54, 1.807) is 0 Å². The van der Waals surface area contributed by atoms with Crippen LogP contribution in [-0.4, -0.2) is 55.7 Å². The van der Waals surface area contributed by atoms with Crippen molar-refractivity contribution in [3.05, 3.63) is 0 Å². The molecule has 8 heteroatoms. The molecule has 110 valence electrons. The summed E-state index contributed by atoms with van der Waals surface area (Å²) in [6, 6.07) is -0.0960. The average Bonchev–Trinajstić information content (AvgIpc) is 2.28. The zero-order valence-corrected chi connectivity index (χ0v) is 11.6. The molecule has 0 bridgehead atoms. The summed E-state index contributed by atoms with van der Waals surface area (Å²) in [5.74, 6) is -2.84. The highest BCUT2D eigenvalue weighted by atomic mass is 32.2. The lowest BCUT2D eigenvalue weighted by Crippen LogP contribution is -2.44. The summed E-state index contributed by atoms with van der Waals surface area (Å²) >= 11 is 0. The molecular formula is C11H19NO6S. The summed E-state index contributed by atoms with van der Waals surface area (Å²) in [7, 11) is -3.96. The fraction of sp³-hybridized carbons (Fsp3) is 0.818. The van der Waals surface area contributed by atoms with Gasteiger partial charge >= 0.3 is 5.97 Å². The van der Waals surface area contributed by atoms with Gasteiger partial charge in [-0.15, -0.1) is 0 Å². The van der Waals surface area contributed by atoms with Crippen LogP contribution in [0, 0.1) is 0 Å². The van der Waals surface area contributed by atoms with E-state index in [9.17, 15) is 18.0 Å². The Morgan fingerprint density at radius 3 is 2.42 bits per heavy atom. The maximum absolute atomic E-state index is 11.8. The highest BCUT2D eigenvalue weighted by molar-refractivity contribution is 7.93. The minimum atomic E-state index is -3.96.